The van der Waals surface area contributed by atoms with Gasteiger partial charge in [-0.2, -0.15) is 12.6 Å². The van der Waals surface area contributed by atoms with Crippen LogP contribution in [0.3, 0.4) is 0 Å². The molecule has 0 radical (unpaired) electrons. The first-order chi connectivity index (χ1) is 5.79. The number of hydrogen-bond acceptors (Lipinski definition) is 3. The van der Waals surface area contributed by atoms with E-state index in [2.05, 4.69) is 17.9 Å². The largest absolute Gasteiger partial charge is 0.480 e. The van der Waals surface area contributed by atoms with Crippen molar-refractivity contribution in [2.24, 2.45) is 5.41 Å². The third-order valence-electron chi connectivity index (χ3n) is 1.47. The molecule has 0 fully saturated rings. The van der Waals surface area contributed by atoms with E-state index in [-0.39, 0.29) is 11.7 Å². The summed E-state index contributed by atoms with van der Waals surface area (Å²) in [6, 6.07) is -0.907. The van der Waals surface area contributed by atoms with E-state index in [1.807, 2.05) is 0 Å². The molecule has 0 aromatic rings. The average molecular weight is 205 g/mol. The van der Waals surface area contributed by atoms with Crippen LogP contribution in [0.4, 0.5) is 0 Å². The van der Waals surface area contributed by atoms with Gasteiger partial charge in [0.1, 0.15) is 6.04 Å². The molecule has 0 unspecified atom stereocenters. The normalized spacial score (nSPS) is 13.5. The summed E-state index contributed by atoms with van der Waals surface area (Å²) in [4.78, 5) is 21.9. The van der Waals surface area contributed by atoms with E-state index in [1.54, 1.807) is 20.8 Å². The number of carbonyl (C=O) groups excluding carboxylic acids is 1. The number of amides is 1. The highest BCUT2D eigenvalue weighted by molar-refractivity contribution is 7.80. The van der Waals surface area contributed by atoms with Crippen LogP contribution in [-0.2, 0) is 9.59 Å². The molecule has 0 aliphatic rings. The minimum absolute atomic E-state index is 0.0944. The van der Waals surface area contributed by atoms with Crippen LogP contribution in [0.15, 0.2) is 0 Å². The molecule has 0 heterocycles. The molecule has 4 nitrogen and oxygen atoms in total. The minimum Gasteiger partial charge on any atom is -0.480 e. The van der Waals surface area contributed by atoms with E-state index in [9.17, 15) is 9.59 Å². The number of hydrogen-bond donors (Lipinski definition) is 3. The van der Waals surface area contributed by atoms with Crippen molar-refractivity contribution in [3.8, 4) is 0 Å². The van der Waals surface area contributed by atoms with Crippen molar-refractivity contribution in [1.29, 1.82) is 0 Å². The van der Waals surface area contributed by atoms with Gasteiger partial charge in [0.2, 0.25) is 5.91 Å². The molecule has 0 aliphatic carbocycles. The van der Waals surface area contributed by atoms with Crippen LogP contribution in [0.2, 0.25) is 0 Å². The van der Waals surface area contributed by atoms with Crippen molar-refractivity contribution >= 4 is 24.5 Å². The molecule has 1 amide bonds. The summed E-state index contributed by atoms with van der Waals surface area (Å²) in [5.41, 5.74) is -0.573. The maximum absolute atomic E-state index is 11.3. The molecule has 0 bridgehead atoms. The second kappa shape index (κ2) is 4.50. The summed E-state index contributed by atoms with van der Waals surface area (Å²) in [6.45, 7) is 5.17. The van der Waals surface area contributed by atoms with Gasteiger partial charge in [-0.15, -0.1) is 0 Å². The highest BCUT2D eigenvalue weighted by atomic mass is 32.1. The predicted molar refractivity (Wildman–Crippen MR) is 52.9 cm³/mol. The number of carboxylic acids is 1. The summed E-state index contributed by atoms with van der Waals surface area (Å²) in [5.74, 6) is -1.25. The number of carboxylic acid groups (broad SMARTS) is 1. The van der Waals surface area contributed by atoms with Gasteiger partial charge in [-0.3, -0.25) is 4.79 Å². The Bertz CT molecular complexity index is 210. The lowest BCUT2D eigenvalue weighted by Gasteiger charge is -2.20. The van der Waals surface area contributed by atoms with Gasteiger partial charge in [0.15, 0.2) is 0 Å². The van der Waals surface area contributed by atoms with Crippen LogP contribution in [0.1, 0.15) is 20.8 Å². The molecule has 0 saturated heterocycles. The third kappa shape index (κ3) is 4.17. The van der Waals surface area contributed by atoms with E-state index >= 15 is 0 Å². The first kappa shape index (κ1) is 12.3. The Balaban J connectivity index is 4.26. The lowest BCUT2D eigenvalue weighted by atomic mass is 9.95. The summed E-state index contributed by atoms with van der Waals surface area (Å²) in [7, 11) is 0. The van der Waals surface area contributed by atoms with Crippen LogP contribution in [0, 0.1) is 5.41 Å². The van der Waals surface area contributed by atoms with Crippen LogP contribution in [-0.4, -0.2) is 28.8 Å². The Morgan fingerprint density at radius 1 is 1.46 bits per heavy atom. The lowest BCUT2D eigenvalue weighted by Crippen LogP contribution is -2.46. The second-order valence-electron chi connectivity index (χ2n) is 3.80. The molecule has 13 heavy (non-hydrogen) atoms. The molecular weight excluding hydrogens is 190 g/mol. The van der Waals surface area contributed by atoms with Crippen molar-refractivity contribution < 1.29 is 14.7 Å². The van der Waals surface area contributed by atoms with Crippen LogP contribution in [0.25, 0.3) is 0 Å². The summed E-state index contributed by atoms with van der Waals surface area (Å²) in [5, 5.41) is 11.0. The Kier molecular flexibility index (Phi) is 4.26. The summed E-state index contributed by atoms with van der Waals surface area (Å²) >= 11 is 3.83. The monoisotopic (exact) mass is 205 g/mol. The van der Waals surface area contributed by atoms with Crippen molar-refractivity contribution in [2.75, 3.05) is 5.75 Å². The highest BCUT2D eigenvalue weighted by Crippen LogP contribution is 2.12. The van der Waals surface area contributed by atoms with E-state index in [4.69, 9.17) is 5.11 Å². The molecule has 2 N–H and O–H groups in total. The molecule has 0 saturated carbocycles. The van der Waals surface area contributed by atoms with Gasteiger partial charge in [-0.1, -0.05) is 20.8 Å². The zero-order valence-electron chi connectivity index (χ0n) is 8.00. The second-order valence-corrected chi connectivity index (χ2v) is 4.16. The number of rotatable bonds is 3. The molecule has 1 atom stereocenters. The Labute approximate surface area is 83.1 Å². The van der Waals surface area contributed by atoms with Gasteiger partial charge in [-0.25, -0.2) is 4.79 Å². The van der Waals surface area contributed by atoms with Crippen LogP contribution >= 0.6 is 12.6 Å². The Morgan fingerprint density at radius 3 is 2.15 bits per heavy atom. The number of carbonyl (C=O) groups is 2. The minimum atomic E-state index is -1.06. The summed E-state index contributed by atoms with van der Waals surface area (Å²) in [6.07, 6.45) is 0. The number of thiol groups is 1. The number of nitrogens with one attached hydrogen (secondary N) is 1. The average Bonchev–Trinajstić information content (AvgIpc) is 1.96. The van der Waals surface area contributed by atoms with Gasteiger partial charge < -0.3 is 10.4 Å². The van der Waals surface area contributed by atoms with Crippen LogP contribution < -0.4 is 5.32 Å². The van der Waals surface area contributed by atoms with Crippen molar-refractivity contribution in [3.63, 3.8) is 0 Å². The molecular formula is C8H15NO3S. The van der Waals surface area contributed by atoms with Crippen molar-refractivity contribution in [2.45, 2.75) is 26.8 Å². The quantitative estimate of drug-likeness (QED) is 0.589. The number of aliphatic carboxylic acids is 1. The topological polar surface area (TPSA) is 66.4 Å². The zero-order valence-corrected chi connectivity index (χ0v) is 8.89. The molecule has 5 heteroatoms. The highest BCUT2D eigenvalue weighted by Gasteiger charge is 2.26. The van der Waals surface area contributed by atoms with Gasteiger partial charge in [0, 0.05) is 11.2 Å². The fraction of sp³-hybridized carbons (Fsp3) is 0.750. The molecule has 0 aliphatic heterocycles. The maximum Gasteiger partial charge on any atom is 0.327 e. The first-order valence-corrected chi connectivity index (χ1v) is 4.57. The van der Waals surface area contributed by atoms with Crippen molar-refractivity contribution in [1.82, 2.24) is 5.32 Å². The molecule has 0 spiro atoms. The van der Waals surface area contributed by atoms with E-state index < -0.39 is 17.4 Å². The van der Waals surface area contributed by atoms with E-state index in [1.165, 1.54) is 0 Å². The molecule has 76 valence electrons. The zero-order chi connectivity index (χ0) is 10.6. The molecule has 0 rings (SSSR count). The van der Waals surface area contributed by atoms with Gasteiger partial charge in [0.25, 0.3) is 0 Å². The Morgan fingerprint density at radius 2 is 1.92 bits per heavy atom. The van der Waals surface area contributed by atoms with Crippen LogP contribution in [0.5, 0.6) is 0 Å². The Hall–Kier alpha value is -0.710. The van der Waals surface area contributed by atoms with Gasteiger partial charge in [0.05, 0.1) is 0 Å². The summed E-state index contributed by atoms with van der Waals surface area (Å²) < 4.78 is 0. The first-order valence-electron chi connectivity index (χ1n) is 3.93. The fourth-order valence-corrected chi connectivity index (χ4v) is 0.808. The third-order valence-corrected chi connectivity index (χ3v) is 1.83. The molecule has 0 aromatic carbocycles. The SMILES string of the molecule is CC(C)(C)C(=O)N[C@@H](CS)C(=O)O. The standard InChI is InChI=1S/C8H15NO3S/c1-8(2,3)7(12)9-5(4-13)6(10)11/h5,13H,4H2,1-3H3,(H,9,12)(H,10,11)/t5-/m0/s1. The molecule has 0 aromatic heterocycles. The van der Waals surface area contributed by atoms with E-state index in [0.717, 1.165) is 0 Å². The maximum atomic E-state index is 11.3. The predicted octanol–water partition coefficient (Wildman–Crippen LogP) is 0.532. The van der Waals surface area contributed by atoms with E-state index in [0.29, 0.717) is 0 Å². The van der Waals surface area contributed by atoms with Gasteiger partial charge >= 0.3 is 5.97 Å². The smallest absolute Gasteiger partial charge is 0.327 e. The van der Waals surface area contributed by atoms with Gasteiger partial charge in [-0.05, 0) is 0 Å². The van der Waals surface area contributed by atoms with Crippen molar-refractivity contribution in [3.05, 3.63) is 0 Å². The fourth-order valence-electron chi connectivity index (χ4n) is 0.560. The lowest BCUT2D eigenvalue weighted by molar-refractivity contribution is -0.142.